The van der Waals surface area contributed by atoms with Crippen molar-refractivity contribution in [2.75, 3.05) is 37.7 Å². The van der Waals surface area contributed by atoms with Gasteiger partial charge in [-0.3, -0.25) is 9.59 Å². The number of carbonyl (C=O) groups is 2. The molecule has 2 amide bonds. The molecule has 2 aromatic rings. The molecule has 1 aromatic heterocycles. The Bertz CT molecular complexity index is 843. The molecule has 0 spiro atoms. The molecule has 1 aromatic carbocycles. The van der Waals surface area contributed by atoms with E-state index < -0.39 is 6.10 Å². The molecule has 0 N–H and O–H groups in total. The number of morpholine rings is 1. The van der Waals surface area contributed by atoms with E-state index in [1.807, 2.05) is 35.7 Å². The highest BCUT2D eigenvalue weighted by molar-refractivity contribution is 7.10. The fourth-order valence-corrected chi connectivity index (χ4v) is 3.81. The summed E-state index contributed by atoms with van der Waals surface area (Å²) in [6.45, 7) is 2.35. The van der Waals surface area contributed by atoms with Crippen LogP contribution in [0.4, 0.5) is 5.69 Å². The molecule has 7 heteroatoms. The molecule has 0 unspecified atom stereocenters. The lowest BCUT2D eigenvalue weighted by atomic mass is 10.1. The van der Waals surface area contributed by atoms with E-state index in [4.69, 9.17) is 9.47 Å². The second kappa shape index (κ2) is 7.94. The fraction of sp³-hybridized carbons (Fsp3) is 0.300. The van der Waals surface area contributed by atoms with Gasteiger partial charge in [-0.25, -0.2) is 0 Å². The van der Waals surface area contributed by atoms with Crippen molar-refractivity contribution < 1.29 is 19.1 Å². The Labute approximate surface area is 161 Å². The topological polar surface area (TPSA) is 59.1 Å². The summed E-state index contributed by atoms with van der Waals surface area (Å²) in [4.78, 5) is 30.1. The summed E-state index contributed by atoms with van der Waals surface area (Å²) < 4.78 is 11.2. The maximum atomic E-state index is 12.9. The average molecular weight is 384 g/mol. The van der Waals surface area contributed by atoms with Crippen molar-refractivity contribution in [3.05, 3.63) is 52.7 Å². The van der Waals surface area contributed by atoms with Gasteiger partial charge >= 0.3 is 0 Å². The standard InChI is InChI=1S/C20H20N2O4S/c23-19(8-7-15-4-3-13-27-15)22-14-18(20(24)21-9-11-25-12-10-21)26-17-6-2-1-5-16(17)22/h1-8,13,18H,9-12,14H2/b8-7+/t18-/m0/s1. The second-order valence-electron chi connectivity index (χ2n) is 6.31. The number of fused-ring (bicyclic) bond motifs is 1. The monoisotopic (exact) mass is 384 g/mol. The Morgan fingerprint density at radius 2 is 1.93 bits per heavy atom. The van der Waals surface area contributed by atoms with Crippen LogP contribution in [0.3, 0.4) is 0 Å². The minimum atomic E-state index is -0.711. The minimum Gasteiger partial charge on any atom is -0.476 e. The van der Waals surface area contributed by atoms with Crippen LogP contribution in [-0.4, -0.2) is 55.7 Å². The normalized spacial score (nSPS) is 19.6. The van der Waals surface area contributed by atoms with Crippen LogP contribution in [0.5, 0.6) is 5.75 Å². The van der Waals surface area contributed by atoms with Gasteiger partial charge in [0, 0.05) is 24.0 Å². The number of anilines is 1. The zero-order chi connectivity index (χ0) is 18.6. The molecule has 1 saturated heterocycles. The van der Waals surface area contributed by atoms with Crippen LogP contribution in [-0.2, 0) is 14.3 Å². The third-order valence-corrected chi connectivity index (χ3v) is 5.41. The summed E-state index contributed by atoms with van der Waals surface area (Å²) in [6, 6.07) is 11.2. The first-order valence-electron chi connectivity index (χ1n) is 8.88. The Morgan fingerprint density at radius 3 is 2.70 bits per heavy atom. The number of benzene rings is 1. The third-order valence-electron chi connectivity index (χ3n) is 4.57. The molecule has 2 aliphatic heterocycles. The van der Waals surface area contributed by atoms with Crippen molar-refractivity contribution in [3.63, 3.8) is 0 Å². The van der Waals surface area contributed by atoms with Crippen LogP contribution in [0, 0.1) is 0 Å². The number of amides is 2. The van der Waals surface area contributed by atoms with Gasteiger partial charge in [-0.2, -0.15) is 0 Å². The molecule has 1 fully saturated rings. The first-order valence-corrected chi connectivity index (χ1v) is 9.75. The van der Waals surface area contributed by atoms with Crippen molar-refractivity contribution in [2.24, 2.45) is 0 Å². The van der Waals surface area contributed by atoms with Crippen molar-refractivity contribution >= 4 is 34.9 Å². The lowest BCUT2D eigenvalue weighted by molar-refractivity contribution is -0.142. The molecule has 0 bridgehead atoms. The quantitative estimate of drug-likeness (QED) is 0.763. The fourth-order valence-electron chi connectivity index (χ4n) is 3.19. The molecule has 4 rings (SSSR count). The van der Waals surface area contributed by atoms with Crippen LogP contribution in [0.25, 0.3) is 6.08 Å². The summed E-state index contributed by atoms with van der Waals surface area (Å²) in [6.07, 6.45) is 2.63. The molecule has 1 atom stereocenters. The lowest BCUT2D eigenvalue weighted by Gasteiger charge is -2.37. The van der Waals surface area contributed by atoms with E-state index in [1.54, 1.807) is 39.4 Å². The Balaban J connectivity index is 1.56. The van der Waals surface area contributed by atoms with Crippen molar-refractivity contribution in [1.82, 2.24) is 4.90 Å². The largest absolute Gasteiger partial charge is 0.476 e. The molecule has 0 radical (unpaired) electrons. The number of hydrogen-bond donors (Lipinski definition) is 0. The number of ether oxygens (including phenoxy) is 2. The zero-order valence-corrected chi connectivity index (χ0v) is 15.6. The van der Waals surface area contributed by atoms with Crippen LogP contribution >= 0.6 is 11.3 Å². The van der Waals surface area contributed by atoms with E-state index in [2.05, 4.69) is 0 Å². The van der Waals surface area contributed by atoms with Gasteiger partial charge in [-0.05, 0) is 29.7 Å². The summed E-state index contributed by atoms with van der Waals surface area (Å²) in [5.74, 6) is 0.278. The molecule has 140 valence electrons. The summed E-state index contributed by atoms with van der Waals surface area (Å²) in [5.41, 5.74) is 0.685. The SMILES string of the molecule is O=C([C@@H]1CN(C(=O)/C=C/c2cccs2)c2ccccc2O1)N1CCOCC1. The second-order valence-corrected chi connectivity index (χ2v) is 7.29. The van der Waals surface area contributed by atoms with E-state index in [9.17, 15) is 9.59 Å². The summed E-state index contributed by atoms with van der Waals surface area (Å²) in [7, 11) is 0. The van der Waals surface area contributed by atoms with Gasteiger partial charge in [0.2, 0.25) is 0 Å². The van der Waals surface area contributed by atoms with Gasteiger partial charge < -0.3 is 19.3 Å². The predicted octanol–water partition coefficient (Wildman–Crippen LogP) is 2.41. The van der Waals surface area contributed by atoms with Gasteiger partial charge in [0.1, 0.15) is 5.75 Å². The highest BCUT2D eigenvalue weighted by Gasteiger charge is 2.35. The summed E-state index contributed by atoms with van der Waals surface area (Å²) in [5, 5.41) is 1.96. The Hall–Kier alpha value is -2.64. The molecule has 3 heterocycles. The molecule has 27 heavy (non-hydrogen) atoms. The zero-order valence-electron chi connectivity index (χ0n) is 14.7. The average Bonchev–Trinajstić information content (AvgIpc) is 3.25. The third kappa shape index (κ3) is 3.89. The number of carbonyl (C=O) groups excluding carboxylic acids is 2. The van der Waals surface area contributed by atoms with E-state index in [0.29, 0.717) is 37.7 Å². The highest BCUT2D eigenvalue weighted by Crippen LogP contribution is 2.34. The van der Waals surface area contributed by atoms with Gasteiger partial charge in [-0.1, -0.05) is 18.2 Å². The molecule has 0 aliphatic carbocycles. The van der Waals surface area contributed by atoms with Crippen LogP contribution in [0.1, 0.15) is 4.88 Å². The first kappa shape index (κ1) is 17.8. The lowest BCUT2D eigenvalue weighted by Crippen LogP contribution is -2.53. The van der Waals surface area contributed by atoms with Crippen molar-refractivity contribution in [2.45, 2.75) is 6.10 Å². The van der Waals surface area contributed by atoms with Crippen molar-refractivity contribution in [3.8, 4) is 5.75 Å². The van der Waals surface area contributed by atoms with Gasteiger partial charge in [-0.15, -0.1) is 11.3 Å². The molecule has 6 nitrogen and oxygen atoms in total. The van der Waals surface area contributed by atoms with E-state index in [-0.39, 0.29) is 18.4 Å². The first-order chi connectivity index (χ1) is 13.2. The van der Waals surface area contributed by atoms with Gasteiger partial charge in [0.15, 0.2) is 6.10 Å². The smallest absolute Gasteiger partial charge is 0.265 e. The van der Waals surface area contributed by atoms with Gasteiger partial charge in [0.25, 0.3) is 11.8 Å². The number of hydrogen-bond acceptors (Lipinski definition) is 5. The number of rotatable bonds is 3. The summed E-state index contributed by atoms with van der Waals surface area (Å²) >= 11 is 1.57. The Kier molecular flexibility index (Phi) is 5.22. The number of thiophene rings is 1. The highest BCUT2D eigenvalue weighted by atomic mass is 32.1. The molecule has 2 aliphatic rings. The molecular weight excluding hydrogens is 364 g/mol. The number of nitrogens with zero attached hydrogens (tertiary/aromatic N) is 2. The van der Waals surface area contributed by atoms with Crippen LogP contribution < -0.4 is 9.64 Å². The minimum absolute atomic E-state index is 0.104. The Morgan fingerprint density at radius 1 is 1.11 bits per heavy atom. The number of para-hydroxylation sites is 2. The van der Waals surface area contributed by atoms with Crippen LogP contribution in [0.15, 0.2) is 47.9 Å². The van der Waals surface area contributed by atoms with E-state index >= 15 is 0 Å². The maximum absolute atomic E-state index is 12.9. The van der Waals surface area contributed by atoms with Gasteiger partial charge in [0.05, 0.1) is 25.4 Å². The van der Waals surface area contributed by atoms with Crippen molar-refractivity contribution in [1.29, 1.82) is 0 Å². The molecule has 0 saturated carbocycles. The van der Waals surface area contributed by atoms with E-state index in [0.717, 1.165) is 4.88 Å². The molecular formula is C20H20N2O4S. The predicted molar refractivity (Wildman–Crippen MR) is 104 cm³/mol. The van der Waals surface area contributed by atoms with E-state index in [1.165, 1.54) is 0 Å². The maximum Gasteiger partial charge on any atom is 0.265 e. The van der Waals surface area contributed by atoms with Crippen LogP contribution in [0.2, 0.25) is 0 Å².